The summed E-state index contributed by atoms with van der Waals surface area (Å²) in [6.07, 6.45) is -8.80. The van der Waals surface area contributed by atoms with Gasteiger partial charge in [0.2, 0.25) is 0 Å². The Hall–Kier alpha value is -0.430. The van der Waals surface area contributed by atoms with E-state index in [1.165, 1.54) is 13.8 Å². The van der Waals surface area contributed by atoms with Gasteiger partial charge in [-0.25, -0.2) is 8.78 Å². The standard InChI is InChI=1S/C10H15F5O2/c1-5-6(2)17-10(14,15)8(4-11)9(13,16-5)7(3)12/h5-8H,4H2,1-3H3. The van der Waals surface area contributed by atoms with Crippen LogP contribution in [0.1, 0.15) is 20.8 Å². The van der Waals surface area contributed by atoms with E-state index in [1.54, 1.807) is 0 Å². The van der Waals surface area contributed by atoms with Crippen molar-refractivity contribution in [1.29, 1.82) is 0 Å². The van der Waals surface area contributed by atoms with Crippen LogP contribution in [0.15, 0.2) is 0 Å². The van der Waals surface area contributed by atoms with E-state index in [0.29, 0.717) is 6.92 Å². The van der Waals surface area contributed by atoms with Crippen molar-refractivity contribution < 1.29 is 31.4 Å². The summed E-state index contributed by atoms with van der Waals surface area (Å²) in [5, 5.41) is 0. The zero-order valence-corrected chi connectivity index (χ0v) is 9.72. The molecule has 1 saturated heterocycles. The molecule has 17 heavy (non-hydrogen) atoms. The average molecular weight is 262 g/mol. The van der Waals surface area contributed by atoms with Gasteiger partial charge in [-0.05, 0) is 20.8 Å². The Balaban J connectivity index is 3.17. The molecule has 0 amide bonds. The molecule has 1 rings (SSSR count). The van der Waals surface area contributed by atoms with Crippen molar-refractivity contribution in [3.05, 3.63) is 0 Å². The SMILES string of the molecule is CC1OC(F)(F)C(CF)C(F)(C(C)F)OC1C. The largest absolute Gasteiger partial charge is 0.367 e. The number of rotatable bonds is 2. The lowest BCUT2D eigenvalue weighted by Crippen LogP contribution is -2.52. The fraction of sp³-hybridized carbons (Fsp3) is 1.00. The van der Waals surface area contributed by atoms with Gasteiger partial charge in [0, 0.05) is 0 Å². The Bertz CT molecular complexity index is 273. The summed E-state index contributed by atoms with van der Waals surface area (Å²) in [7, 11) is 0. The maximum atomic E-state index is 14.1. The second-order valence-corrected chi connectivity index (χ2v) is 4.23. The summed E-state index contributed by atoms with van der Waals surface area (Å²) < 4.78 is 75.7. The second-order valence-electron chi connectivity index (χ2n) is 4.23. The Morgan fingerprint density at radius 3 is 2.00 bits per heavy atom. The molecule has 7 heteroatoms. The number of hydrogen-bond acceptors (Lipinski definition) is 2. The molecular formula is C10H15F5O2. The van der Waals surface area contributed by atoms with Crippen LogP contribution in [-0.4, -0.2) is 37.0 Å². The predicted molar refractivity (Wildman–Crippen MR) is 49.9 cm³/mol. The van der Waals surface area contributed by atoms with Gasteiger partial charge in [-0.1, -0.05) is 0 Å². The molecule has 0 aromatic heterocycles. The van der Waals surface area contributed by atoms with E-state index in [0.717, 1.165) is 0 Å². The molecule has 0 aromatic carbocycles. The first-order chi connectivity index (χ1) is 7.65. The van der Waals surface area contributed by atoms with E-state index in [1.807, 2.05) is 0 Å². The lowest BCUT2D eigenvalue weighted by molar-refractivity contribution is -0.320. The maximum Gasteiger partial charge on any atom is 0.367 e. The highest BCUT2D eigenvalue weighted by atomic mass is 19.3. The fourth-order valence-corrected chi connectivity index (χ4v) is 1.68. The first kappa shape index (κ1) is 14.6. The second kappa shape index (κ2) is 4.68. The summed E-state index contributed by atoms with van der Waals surface area (Å²) in [4.78, 5) is 0. The Kier molecular flexibility index (Phi) is 4.03. The van der Waals surface area contributed by atoms with Crippen molar-refractivity contribution in [2.75, 3.05) is 6.67 Å². The van der Waals surface area contributed by atoms with E-state index in [-0.39, 0.29) is 0 Å². The lowest BCUT2D eigenvalue weighted by atomic mass is 9.96. The molecule has 0 saturated carbocycles. The molecule has 0 N–H and O–H groups in total. The van der Waals surface area contributed by atoms with Gasteiger partial charge in [0.05, 0.1) is 12.2 Å². The molecule has 1 aliphatic rings. The van der Waals surface area contributed by atoms with E-state index >= 15 is 0 Å². The van der Waals surface area contributed by atoms with E-state index in [9.17, 15) is 22.0 Å². The molecule has 0 bridgehead atoms. The minimum absolute atomic E-state index is 0.710. The van der Waals surface area contributed by atoms with Gasteiger partial charge >= 0.3 is 6.11 Å². The van der Waals surface area contributed by atoms with Crippen LogP contribution in [0.25, 0.3) is 0 Å². The fourth-order valence-electron chi connectivity index (χ4n) is 1.68. The van der Waals surface area contributed by atoms with Gasteiger partial charge < -0.3 is 9.47 Å². The molecule has 1 fully saturated rings. The summed E-state index contributed by atoms with van der Waals surface area (Å²) in [5.74, 6) is -6.02. The third kappa shape index (κ3) is 2.54. The van der Waals surface area contributed by atoms with Crippen molar-refractivity contribution in [2.24, 2.45) is 5.92 Å². The van der Waals surface area contributed by atoms with Gasteiger partial charge in [0.15, 0.2) is 6.17 Å². The lowest BCUT2D eigenvalue weighted by Gasteiger charge is -2.34. The quantitative estimate of drug-likeness (QED) is 0.712. The van der Waals surface area contributed by atoms with Gasteiger partial charge in [0.1, 0.15) is 12.6 Å². The number of halogens is 5. The molecule has 102 valence electrons. The van der Waals surface area contributed by atoms with Crippen molar-refractivity contribution in [3.63, 3.8) is 0 Å². The molecule has 0 aliphatic carbocycles. The summed E-state index contributed by atoms with van der Waals surface area (Å²) in [6.45, 7) is 1.42. The van der Waals surface area contributed by atoms with Crippen molar-refractivity contribution in [3.8, 4) is 0 Å². The van der Waals surface area contributed by atoms with Gasteiger partial charge in [0.25, 0.3) is 5.85 Å². The summed E-state index contributed by atoms with van der Waals surface area (Å²) in [5.41, 5.74) is 0. The summed E-state index contributed by atoms with van der Waals surface area (Å²) in [6, 6.07) is 0. The smallest absolute Gasteiger partial charge is 0.337 e. The number of alkyl halides is 5. The van der Waals surface area contributed by atoms with Crippen molar-refractivity contribution in [2.45, 2.75) is 51.1 Å². The first-order valence-corrected chi connectivity index (χ1v) is 5.27. The molecule has 0 aromatic rings. The van der Waals surface area contributed by atoms with Crippen LogP contribution in [0.2, 0.25) is 0 Å². The molecule has 0 spiro atoms. The minimum atomic E-state index is -4.12. The predicted octanol–water partition coefficient (Wildman–Crippen LogP) is 3.01. The third-order valence-electron chi connectivity index (χ3n) is 2.95. The topological polar surface area (TPSA) is 18.5 Å². The van der Waals surface area contributed by atoms with Crippen LogP contribution >= 0.6 is 0 Å². The Morgan fingerprint density at radius 2 is 1.59 bits per heavy atom. The minimum Gasteiger partial charge on any atom is -0.337 e. The molecule has 1 heterocycles. The number of hydrogen-bond donors (Lipinski definition) is 0. The van der Waals surface area contributed by atoms with Crippen LogP contribution in [0.3, 0.4) is 0 Å². The normalized spacial score (nSPS) is 44.1. The highest BCUT2D eigenvalue weighted by Gasteiger charge is 2.62. The van der Waals surface area contributed by atoms with Crippen molar-refractivity contribution >= 4 is 0 Å². The number of ether oxygens (including phenoxy) is 2. The maximum absolute atomic E-state index is 14.1. The molecule has 5 atom stereocenters. The van der Waals surface area contributed by atoms with E-state index in [4.69, 9.17) is 0 Å². The Morgan fingerprint density at radius 1 is 1.12 bits per heavy atom. The van der Waals surface area contributed by atoms with E-state index < -0.39 is 42.9 Å². The summed E-state index contributed by atoms with van der Waals surface area (Å²) >= 11 is 0. The highest BCUT2D eigenvalue weighted by molar-refractivity contribution is 4.92. The zero-order valence-electron chi connectivity index (χ0n) is 9.72. The van der Waals surface area contributed by atoms with E-state index in [2.05, 4.69) is 9.47 Å². The van der Waals surface area contributed by atoms with Crippen LogP contribution < -0.4 is 0 Å². The molecule has 5 unspecified atom stereocenters. The van der Waals surface area contributed by atoms with Gasteiger partial charge in [-0.2, -0.15) is 8.78 Å². The van der Waals surface area contributed by atoms with Crippen LogP contribution in [0, 0.1) is 5.92 Å². The van der Waals surface area contributed by atoms with Crippen LogP contribution in [0.5, 0.6) is 0 Å². The van der Waals surface area contributed by atoms with Crippen molar-refractivity contribution in [1.82, 2.24) is 0 Å². The molecule has 2 nitrogen and oxygen atoms in total. The van der Waals surface area contributed by atoms with Gasteiger partial charge in [-0.15, -0.1) is 0 Å². The first-order valence-electron chi connectivity index (χ1n) is 5.27. The zero-order chi connectivity index (χ0) is 13.4. The Labute approximate surface area is 96.1 Å². The average Bonchev–Trinajstić information content (AvgIpc) is 2.21. The van der Waals surface area contributed by atoms with Crippen LogP contribution in [0.4, 0.5) is 22.0 Å². The third-order valence-corrected chi connectivity index (χ3v) is 2.95. The highest BCUT2D eigenvalue weighted by Crippen LogP contribution is 2.45. The van der Waals surface area contributed by atoms with Gasteiger partial charge in [-0.3, -0.25) is 4.39 Å². The molecule has 1 aliphatic heterocycles. The molecule has 0 radical (unpaired) electrons. The monoisotopic (exact) mass is 262 g/mol. The molecular weight excluding hydrogens is 247 g/mol. The van der Waals surface area contributed by atoms with Crippen LogP contribution in [-0.2, 0) is 9.47 Å².